The van der Waals surface area contributed by atoms with Gasteiger partial charge in [0, 0.05) is 37.7 Å². The number of carbonyl (C=O) groups excluding carboxylic acids is 1. The molecule has 172 valence electrons. The summed E-state index contributed by atoms with van der Waals surface area (Å²) in [5.74, 6) is 0.712. The monoisotopic (exact) mass is 466 g/mol. The van der Waals surface area contributed by atoms with Crippen LogP contribution >= 0.6 is 0 Å². The van der Waals surface area contributed by atoms with E-state index in [0.717, 1.165) is 11.1 Å². The molecular weight excluding hydrogens is 440 g/mol. The van der Waals surface area contributed by atoms with Gasteiger partial charge in [0.05, 0.1) is 0 Å². The first-order valence-corrected chi connectivity index (χ1v) is 12.2. The Labute approximate surface area is 193 Å². The number of amides is 1. The Bertz CT molecular complexity index is 1200. The van der Waals surface area contributed by atoms with E-state index in [2.05, 4.69) is 10.5 Å². The zero-order valence-electron chi connectivity index (χ0n) is 18.3. The molecule has 1 aliphatic heterocycles. The normalized spacial score (nSPS) is 16.6. The molecule has 0 saturated carbocycles. The number of nitrogens with one attached hydrogen (secondary N) is 1. The van der Waals surface area contributed by atoms with Gasteiger partial charge >= 0.3 is 0 Å². The molecule has 1 saturated heterocycles. The molecule has 1 fully saturated rings. The summed E-state index contributed by atoms with van der Waals surface area (Å²) >= 11 is 0. The van der Waals surface area contributed by atoms with Crippen molar-refractivity contribution in [1.82, 2.24) is 14.4 Å². The van der Waals surface area contributed by atoms with Crippen LogP contribution in [0.15, 0.2) is 76.7 Å². The van der Waals surface area contributed by atoms with Crippen LogP contribution < -0.4 is 5.32 Å². The van der Waals surface area contributed by atoms with Crippen molar-refractivity contribution in [3.63, 3.8) is 0 Å². The van der Waals surface area contributed by atoms with Gasteiger partial charge in [-0.15, -0.1) is 0 Å². The molecule has 0 spiro atoms. The topological polar surface area (TPSA) is 95.8 Å². The second-order valence-corrected chi connectivity index (χ2v) is 9.64. The number of aromatic nitrogens is 1. The molecule has 9 heteroatoms. The number of benzene rings is 2. The van der Waals surface area contributed by atoms with Crippen LogP contribution in [0, 0.1) is 6.92 Å². The molecule has 2 heterocycles. The van der Waals surface area contributed by atoms with Crippen molar-refractivity contribution in [2.24, 2.45) is 0 Å². The molecule has 0 radical (unpaired) electrons. The van der Waals surface area contributed by atoms with E-state index < -0.39 is 16.1 Å². The Morgan fingerprint density at radius 3 is 2.27 bits per heavy atom. The molecule has 1 N–H and O–H groups in total. The van der Waals surface area contributed by atoms with Gasteiger partial charge in [0.2, 0.25) is 15.9 Å². The highest BCUT2D eigenvalue weighted by atomic mass is 32.2. The average molecular weight is 467 g/mol. The van der Waals surface area contributed by atoms with E-state index in [1.807, 2.05) is 65.6 Å². The average Bonchev–Trinajstić information content (AvgIpc) is 3.24. The van der Waals surface area contributed by atoms with Crippen LogP contribution in [0.4, 0.5) is 5.82 Å². The maximum absolute atomic E-state index is 13.2. The van der Waals surface area contributed by atoms with Crippen LogP contribution in [-0.4, -0.2) is 54.9 Å². The van der Waals surface area contributed by atoms with Crippen molar-refractivity contribution in [3.8, 4) is 0 Å². The summed E-state index contributed by atoms with van der Waals surface area (Å²) in [7, 11) is -3.56. The van der Waals surface area contributed by atoms with Crippen molar-refractivity contribution in [2.45, 2.75) is 13.0 Å². The summed E-state index contributed by atoms with van der Waals surface area (Å²) in [5, 5.41) is 7.90. The fraction of sp³-hybridized carbons (Fsp3) is 0.250. The van der Waals surface area contributed by atoms with Crippen LogP contribution in [0.3, 0.4) is 0 Å². The van der Waals surface area contributed by atoms with E-state index >= 15 is 0 Å². The number of carbonyl (C=O) groups is 1. The van der Waals surface area contributed by atoms with E-state index in [-0.39, 0.29) is 5.91 Å². The lowest BCUT2D eigenvalue weighted by molar-refractivity contribution is -0.122. The maximum Gasteiger partial charge on any atom is 0.247 e. The highest BCUT2D eigenvalue weighted by Crippen LogP contribution is 2.25. The van der Waals surface area contributed by atoms with Gasteiger partial charge in [-0.25, -0.2) is 8.42 Å². The number of anilines is 1. The molecule has 8 nitrogen and oxygen atoms in total. The summed E-state index contributed by atoms with van der Waals surface area (Å²) < 4.78 is 32.1. The minimum Gasteiger partial charge on any atom is -0.360 e. The SMILES string of the molecule is Cc1cc(NC(=O)C(c2ccccc2)N2CCN(S(=O)(=O)/C=C/c3ccccc3)CC2)no1. The van der Waals surface area contributed by atoms with Gasteiger partial charge in [-0.05, 0) is 24.1 Å². The number of aryl methyl sites for hydroxylation is 1. The Balaban J connectivity index is 1.46. The number of hydrogen-bond acceptors (Lipinski definition) is 6. The Morgan fingerprint density at radius 2 is 1.67 bits per heavy atom. The van der Waals surface area contributed by atoms with Gasteiger partial charge in [-0.1, -0.05) is 65.8 Å². The molecule has 1 unspecified atom stereocenters. The quantitative estimate of drug-likeness (QED) is 0.574. The highest BCUT2D eigenvalue weighted by molar-refractivity contribution is 7.92. The van der Waals surface area contributed by atoms with Gasteiger partial charge in [-0.2, -0.15) is 4.31 Å². The van der Waals surface area contributed by atoms with Crippen molar-refractivity contribution >= 4 is 27.8 Å². The summed E-state index contributed by atoms with van der Waals surface area (Å²) in [4.78, 5) is 15.2. The van der Waals surface area contributed by atoms with Crippen LogP contribution in [0.5, 0.6) is 0 Å². The van der Waals surface area contributed by atoms with E-state index in [1.165, 1.54) is 9.71 Å². The molecule has 4 rings (SSSR count). The van der Waals surface area contributed by atoms with Gasteiger partial charge < -0.3 is 9.84 Å². The van der Waals surface area contributed by atoms with Crippen LogP contribution in [0.25, 0.3) is 6.08 Å². The van der Waals surface area contributed by atoms with Gasteiger partial charge in [-0.3, -0.25) is 9.69 Å². The van der Waals surface area contributed by atoms with E-state index in [1.54, 1.807) is 19.1 Å². The lowest BCUT2D eigenvalue weighted by Gasteiger charge is -2.37. The van der Waals surface area contributed by atoms with Crippen molar-refractivity contribution < 1.29 is 17.7 Å². The fourth-order valence-corrected chi connectivity index (χ4v) is 4.99. The standard InChI is InChI=1S/C24H26N4O4S/c1-19-18-22(26-32-19)25-24(29)23(21-10-6-3-7-11-21)27-13-15-28(16-14-27)33(30,31)17-12-20-8-4-2-5-9-20/h2-12,17-18,23H,13-16H2,1H3,(H,25,26,29)/b17-12+. The van der Waals surface area contributed by atoms with Crippen LogP contribution in [-0.2, 0) is 14.8 Å². The van der Waals surface area contributed by atoms with E-state index in [0.29, 0.717) is 37.8 Å². The summed E-state index contributed by atoms with van der Waals surface area (Å²) in [5.41, 5.74) is 1.65. The minimum atomic E-state index is -3.56. The lowest BCUT2D eigenvalue weighted by Crippen LogP contribution is -2.51. The number of sulfonamides is 1. The maximum atomic E-state index is 13.2. The third-order valence-corrected chi connectivity index (χ3v) is 7.04. The molecule has 1 atom stereocenters. The van der Waals surface area contributed by atoms with Crippen LogP contribution in [0.2, 0.25) is 0 Å². The number of nitrogens with zero attached hydrogens (tertiary/aromatic N) is 3. The van der Waals surface area contributed by atoms with E-state index in [9.17, 15) is 13.2 Å². The van der Waals surface area contributed by atoms with Crippen LogP contribution in [0.1, 0.15) is 22.9 Å². The first-order valence-electron chi connectivity index (χ1n) is 10.7. The Hall–Kier alpha value is -3.27. The fourth-order valence-electron chi connectivity index (χ4n) is 3.81. The molecule has 1 aliphatic rings. The molecule has 2 aromatic carbocycles. The lowest BCUT2D eigenvalue weighted by atomic mass is 10.0. The molecule has 3 aromatic rings. The molecule has 0 bridgehead atoms. The summed E-state index contributed by atoms with van der Waals surface area (Å²) in [6.07, 6.45) is 1.60. The summed E-state index contributed by atoms with van der Waals surface area (Å²) in [6.45, 7) is 3.18. The molecule has 33 heavy (non-hydrogen) atoms. The van der Waals surface area contributed by atoms with Gasteiger partial charge in [0.15, 0.2) is 5.82 Å². The van der Waals surface area contributed by atoms with Gasteiger partial charge in [0.25, 0.3) is 0 Å². The van der Waals surface area contributed by atoms with Crippen molar-refractivity contribution in [1.29, 1.82) is 0 Å². The predicted molar refractivity (Wildman–Crippen MR) is 127 cm³/mol. The highest BCUT2D eigenvalue weighted by Gasteiger charge is 2.33. The minimum absolute atomic E-state index is 0.241. The number of piperazine rings is 1. The molecule has 0 aliphatic carbocycles. The second kappa shape index (κ2) is 10.1. The third kappa shape index (κ3) is 5.75. The van der Waals surface area contributed by atoms with Gasteiger partial charge in [0.1, 0.15) is 11.8 Å². The zero-order valence-corrected chi connectivity index (χ0v) is 19.1. The number of hydrogen-bond donors (Lipinski definition) is 1. The second-order valence-electron chi connectivity index (χ2n) is 7.82. The molecule has 1 aromatic heterocycles. The first kappa shape index (κ1) is 22.9. The summed E-state index contributed by atoms with van der Waals surface area (Å²) in [6, 6.07) is 19.8. The Morgan fingerprint density at radius 1 is 1.03 bits per heavy atom. The third-order valence-electron chi connectivity index (χ3n) is 5.47. The largest absolute Gasteiger partial charge is 0.360 e. The Kier molecular flexibility index (Phi) is 7.02. The zero-order chi connectivity index (χ0) is 23.3. The predicted octanol–water partition coefficient (Wildman–Crippen LogP) is 3.28. The van der Waals surface area contributed by atoms with Crippen molar-refractivity contribution in [3.05, 3.63) is 89.0 Å². The molecular formula is C24H26N4O4S. The smallest absolute Gasteiger partial charge is 0.247 e. The van der Waals surface area contributed by atoms with E-state index in [4.69, 9.17) is 4.52 Å². The van der Waals surface area contributed by atoms with Crippen molar-refractivity contribution in [2.75, 3.05) is 31.5 Å². The molecule has 1 amide bonds. The number of rotatable bonds is 7. The first-order chi connectivity index (χ1) is 15.9.